The maximum absolute atomic E-state index is 14.6. The van der Waals surface area contributed by atoms with Crippen LogP contribution in [-0.2, 0) is 44.5 Å². The van der Waals surface area contributed by atoms with E-state index >= 15 is 0 Å². The smallest absolute Gasteiger partial charge is 0.311 e. The number of methoxy groups -OCH3 is 3. The van der Waals surface area contributed by atoms with E-state index in [2.05, 4.69) is 15.2 Å². The third-order valence-corrected chi connectivity index (χ3v) is 14.1. The van der Waals surface area contributed by atoms with Gasteiger partial charge < -0.3 is 58.1 Å². The van der Waals surface area contributed by atoms with Crippen molar-refractivity contribution in [3.8, 4) is 17.0 Å². The second kappa shape index (κ2) is 21.7. The molecule has 3 N–H and O–H groups in total. The van der Waals surface area contributed by atoms with Crippen LogP contribution in [0.1, 0.15) is 74.7 Å². The first-order valence-electron chi connectivity index (χ1n) is 22.5. The molecule has 0 radical (unpaired) electrons. The Bertz CT molecular complexity index is 1740. The Morgan fingerprint density at radius 1 is 0.889 bits per heavy atom. The van der Waals surface area contributed by atoms with Crippen LogP contribution in [0, 0.1) is 23.7 Å². The van der Waals surface area contributed by atoms with E-state index < -0.39 is 78.2 Å². The quantitative estimate of drug-likeness (QED) is 0.278. The average Bonchev–Trinajstić information content (AvgIpc) is 3.73. The van der Waals surface area contributed by atoms with Gasteiger partial charge in [0.15, 0.2) is 12.6 Å². The minimum absolute atomic E-state index is 0.00338. The largest absolute Gasteiger partial charge is 0.497 e. The van der Waals surface area contributed by atoms with Crippen molar-refractivity contribution in [3.63, 3.8) is 0 Å². The molecule has 1 aromatic carbocycles. The number of benzene rings is 1. The van der Waals surface area contributed by atoms with Crippen LogP contribution in [-0.4, -0.2) is 180 Å². The molecule has 358 valence electrons. The summed E-state index contributed by atoms with van der Waals surface area (Å²) in [6, 6.07) is 6.96. The van der Waals surface area contributed by atoms with Crippen molar-refractivity contribution >= 4 is 5.97 Å². The maximum atomic E-state index is 14.6. The second-order valence-electron chi connectivity index (χ2n) is 19.3. The van der Waals surface area contributed by atoms with E-state index in [-0.39, 0.29) is 43.1 Å². The van der Waals surface area contributed by atoms with Crippen LogP contribution in [0.4, 0.5) is 0 Å². The van der Waals surface area contributed by atoms with Crippen LogP contribution in [0.15, 0.2) is 30.5 Å². The molecule has 2 aromatic rings. The number of carbonyl (C=O) groups excluding carboxylic acids is 1. The minimum atomic E-state index is -1.11. The fraction of sp³-hybridized carbons (Fsp3) is 0.804. The fourth-order valence-electron chi connectivity index (χ4n) is 9.87. The molecule has 0 aliphatic carbocycles. The molecule has 0 amide bonds. The highest BCUT2D eigenvalue weighted by molar-refractivity contribution is 5.72. The molecule has 17 heteroatoms. The molecule has 0 unspecified atom stereocenters. The van der Waals surface area contributed by atoms with E-state index in [1.165, 1.54) is 0 Å². The van der Waals surface area contributed by atoms with Gasteiger partial charge in [0, 0.05) is 44.7 Å². The third-order valence-electron chi connectivity index (χ3n) is 14.1. The summed E-state index contributed by atoms with van der Waals surface area (Å²) in [5, 5.41) is 43.7. The van der Waals surface area contributed by atoms with E-state index in [9.17, 15) is 20.1 Å². The van der Waals surface area contributed by atoms with Crippen molar-refractivity contribution in [1.82, 2.24) is 24.8 Å². The monoisotopic (exact) mass is 892 g/mol. The van der Waals surface area contributed by atoms with Gasteiger partial charge in [-0.1, -0.05) is 26.0 Å². The Labute approximate surface area is 374 Å². The summed E-state index contributed by atoms with van der Waals surface area (Å²) in [5.41, 5.74) is -0.550. The van der Waals surface area contributed by atoms with E-state index in [0.29, 0.717) is 31.6 Å². The van der Waals surface area contributed by atoms with Crippen molar-refractivity contribution in [2.24, 2.45) is 23.7 Å². The van der Waals surface area contributed by atoms with E-state index in [1.807, 2.05) is 98.0 Å². The van der Waals surface area contributed by atoms with Gasteiger partial charge in [0.2, 0.25) is 0 Å². The number of esters is 1. The highest BCUT2D eigenvalue weighted by atomic mass is 16.7. The summed E-state index contributed by atoms with van der Waals surface area (Å²) < 4.78 is 52.1. The number of aliphatic hydroxyl groups excluding tert-OH is 3. The van der Waals surface area contributed by atoms with Crippen LogP contribution < -0.4 is 4.74 Å². The van der Waals surface area contributed by atoms with Crippen molar-refractivity contribution in [3.05, 3.63) is 30.5 Å². The molecule has 3 aliphatic rings. The van der Waals surface area contributed by atoms with Crippen LogP contribution in [0.25, 0.3) is 11.3 Å². The molecule has 1 aromatic heterocycles. The predicted octanol–water partition coefficient (Wildman–Crippen LogP) is 3.61. The van der Waals surface area contributed by atoms with E-state index in [4.69, 9.17) is 37.9 Å². The van der Waals surface area contributed by atoms with Crippen LogP contribution in [0.5, 0.6) is 5.75 Å². The van der Waals surface area contributed by atoms with Gasteiger partial charge in [0.1, 0.15) is 30.3 Å². The van der Waals surface area contributed by atoms with Gasteiger partial charge in [-0.15, -0.1) is 5.10 Å². The SMILES string of the molecule is COc1ccc(-c2cn(C[C@@H]3COC(=O)[C@H](C)[C@@H](O[C@H]4C[C@@](C)(OC)[C@@H](O)[C@H](C)O4)[C@H](C)[C@@H](O[C@@H]4O[C@H](C)C[C@H](N(C)C)[C@H]4O)[C@](C)(OC)C[C@@H](C)[C@H](O)[C@H](C)CN3C)nn2)cc1. The number of ether oxygens (including phenoxy) is 8. The van der Waals surface area contributed by atoms with Crippen molar-refractivity contribution in [2.45, 2.75) is 160 Å². The molecule has 0 bridgehead atoms. The number of rotatable bonds is 11. The molecule has 63 heavy (non-hydrogen) atoms. The Morgan fingerprint density at radius 2 is 1.56 bits per heavy atom. The number of nitrogens with zero attached hydrogens (tertiary/aromatic N) is 5. The summed E-state index contributed by atoms with van der Waals surface area (Å²) in [4.78, 5) is 18.6. The number of aromatic nitrogens is 3. The van der Waals surface area contributed by atoms with Crippen molar-refractivity contribution in [2.75, 3.05) is 55.6 Å². The van der Waals surface area contributed by atoms with Crippen LogP contribution in [0.2, 0.25) is 0 Å². The lowest BCUT2D eigenvalue weighted by molar-refractivity contribution is -0.319. The standard InChI is InChI=1S/C46H77N5O12/c1-26-20-46(8,58-14)42(63-44-39(53)36(49(9)10)19-28(3)60-44)29(4)40(62-37-21-45(7,57-13)41(54)31(6)61-37)30(5)43(55)59-25-33(50(11)22-27(2)38(26)52)23-51-24-35(47-48-51)32-15-17-34(56-12)18-16-32/h15-18,24,26-31,33,36-42,44,52-54H,19-23,25H2,1-14H3/t26-,27-,28-,29+,30-,31+,33-,36+,37+,38+,39-,40+,41+,42-,44+,45-,46-/m1/s1. The lowest BCUT2D eigenvalue weighted by Gasteiger charge is -2.49. The zero-order valence-corrected chi connectivity index (χ0v) is 40.0. The van der Waals surface area contributed by atoms with Crippen molar-refractivity contribution in [1.29, 1.82) is 0 Å². The molecule has 17 nitrogen and oxygen atoms in total. The van der Waals surface area contributed by atoms with E-state index in [0.717, 1.165) is 11.3 Å². The lowest BCUT2D eigenvalue weighted by Crippen LogP contribution is -2.61. The zero-order chi connectivity index (χ0) is 46.6. The molecule has 0 saturated carbocycles. The van der Waals surface area contributed by atoms with Gasteiger partial charge in [-0.25, -0.2) is 0 Å². The molecule has 3 saturated heterocycles. The first-order valence-corrected chi connectivity index (χ1v) is 22.5. The number of hydrogen-bond donors (Lipinski definition) is 3. The molecule has 0 spiro atoms. The third kappa shape index (κ3) is 12.0. The van der Waals surface area contributed by atoms with Crippen LogP contribution >= 0.6 is 0 Å². The average molecular weight is 892 g/mol. The number of carbonyl (C=O) groups is 1. The van der Waals surface area contributed by atoms with Gasteiger partial charge in [-0.2, -0.15) is 0 Å². The van der Waals surface area contributed by atoms with Gasteiger partial charge in [0.05, 0.1) is 73.5 Å². The Balaban J connectivity index is 1.54. The minimum Gasteiger partial charge on any atom is -0.497 e. The summed E-state index contributed by atoms with van der Waals surface area (Å²) in [5.74, 6) is -1.81. The van der Waals surface area contributed by atoms with Gasteiger partial charge in [-0.3, -0.25) is 14.4 Å². The number of hydrogen-bond acceptors (Lipinski definition) is 16. The first kappa shape index (κ1) is 51.2. The Kier molecular flexibility index (Phi) is 17.6. The predicted molar refractivity (Wildman–Crippen MR) is 235 cm³/mol. The molecular weight excluding hydrogens is 815 g/mol. The summed E-state index contributed by atoms with van der Waals surface area (Å²) in [6.45, 7) is 16.0. The van der Waals surface area contributed by atoms with E-state index in [1.54, 1.807) is 39.9 Å². The summed E-state index contributed by atoms with van der Waals surface area (Å²) in [6.07, 6.45) is -4.35. The lowest BCUT2D eigenvalue weighted by atomic mass is 9.75. The molecular formula is C46H77N5O12. The number of aliphatic hydroxyl groups is 3. The zero-order valence-electron chi connectivity index (χ0n) is 40.0. The molecule has 3 aliphatic heterocycles. The molecule has 4 heterocycles. The first-order chi connectivity index (χ1) is 29.6. The topological polar surface area (TPSA) is 189 Å². The molecule has 5 rings (SSSR count). The highest BCUT2D eigenvalue weighted by Crippen LogP contribution is 2.41. The Hall–Kier alpha value is -2.81. The highest BCUT2D eigenvalue weighted by Gasteiger charge is 2.52. The van der Waals surface area contributed by atoms with Crippen molar-refractivity contribution < 1.29 is 58.0 Å². The summed E-state index contributed by atoms with van der Waals surface area (Å²) in [7, 11) is 10.6. The normalized spacial score (nSPS) is 40.5. The number of cyclic esters (lactones) is 1. The van der Waals surface area contributed by atoms with Gasteiger partial charge >= 0.3 is 5.97 Å². The Morgan fingerprint density at radius 3 is 2.17 bits per heavy atom. The van der Waals surface area contributed by atoms with Gasteiger partial charge in [0.25, 0.3) is 0 Å². The molecule has 3 fully saturated rings. The second-order valence-corrected chi connectivity index (χ2v) is 19.3. The fourth-order valence-corrected chi connectivity index (χ4v) is 9.87. The summed E-state index contributed by atoms with van der Waals surface area (Å²) >= 11 is 0. The molecule has 17 atom stereocenters. The van der Waals surface area contributed by atoms with Gasteiger partial charge in [-0.05, 0) is 105 Å². The number of likely N-dealkylation sites (N-methyl/N-ethyl adjacent to an activating group) is 2. The maximum Gasteiger partial charge on any atom is 0.311 e. The van der Waals surface area contributed by atoms with Crippen LogP contribution in [0.3, 0.4) is 0 Å².